The maximum atomic E-state index is 11.0. The number of aromatic hydroxyl groups is 1. The minimum atomic E-state index is -0.634. The van der Waals surface area contributed by atoms with Crippen LogP contribution in [0.4, 0.5) is 5.69 Å². The molecule has 0 spiro atoms. The van der Waals surface area contributed by atoms with E-state index in [2.05, 4.69) is 4.74 Å². The highest BCUT2D eigenvalue weighted by Gasteiger charge is 2.12. The molecule has 0 fully saturated rings. The van der Waals surface area contributed by atoms with Crippen LogP contribution in [0.3, 0.4) is 0 Å². The van der Waals surface area contributed by atoms with E-state index in [0.717, 1.165) is 12.1 Å². The van der Waals surface area contributed by atoms with Gasteiger partial charge < -0.3 is 9.84 Å². The highest BCUT2D eigenvalue weighted by Crippen LogP contribution is 2.24. The molecule has 0 aliphatic carbocycles. The molecule has 17 heavy (non-hydrogen) atoms. The van der Waals surface area contributed by atoms with Crippen LogP contribution < -0.4 is 0 Å². The normalized spacial score (nSPS) is 10.4. The molecule has 1 rings (SSSR count). The molecule has 0 amide bonds. The first kappa shape index (κ1) is 12.7. The molecule has 0 atom stereocenters. The van der Waals surface area contributed by atoms with Crippen LogP contribution in [0.5, 0.6) is 5.75 Å². The topological polar surface area (TPSA) is 89.7 Å². The summed E-state index contributed by atoms with van der Waals surface area (Å²) >= 11 is 0. The Morgan fingerprint density at radius 2 is 2.29 bits per heavy atom. The molecule has 0 aliphatic rings. The SMILES string of the molecule is CCOC(=O)/C=C/c1ccc(O)cc1[N+](=O)[O-]. The first-order valence-corrected chi connectivity index (χ1v) is 4.87. The van der Waals surface area contributed by atoms with Crippen molar-refractivity contribution < 1.29 is 19.6 Å². The Balaban J connectivity index is 2.98. The summed E-state index contributed by atoms with van der Waals surface area (Å²) in [7, 11) is 0. The van der Waals surface area contributed by atoms with Gasteiger partial charge in [-0.05, 0) is 25.1 Å². The summed E-state index contributed by atoms with van der Waals surface area (Å²) in [5.41, 5.74) is -0.0496. The van der Waals surface area contributed by atoms with Crippen LogP contribution >= 0.6 is 0 Å². The lowest BCUT2D eigenvalue weighted by molar-refractivity contribution is -0.385. The van der Waals surface area contributed by atoms with Crippen LogP contribution in [0.2, 0.25) is 0 Å². The molecule has 6 nitrogen and oxygen atoms in total. The van der Waals surface area contributed by atoms with Crippen molar-refractivity contribution in [3.8, 4) is 5.75 Å². The quantitative estimate of drug-likeness (QED) is 0.373. The first-order chi connectivity index (χ1) is 8.04. The van der Waals surface area contributed by atoms with Crippen LogP contribution in [0, 0.1) is 10.1 Å². The molecule has 0 aromatic heterocycles. The predicted molar refractivity (Wildman–Crippen MR) is 60.4 cm³/mol. The van der Waals surface area contributed by atoms with E-state index in [1.807, 2.05) is 0 Å². The Bertz CT molecular complexity index is 467. The maximum Gasteiger partial charge on any atom is 0.330 e. The zero-order valence-corrected chi connectivity index (χ0v) is 9.12. The van der Waals surface area contributed by atoms with E-state index >= 15 is 0 Å². The van der Waals surface area contributed by atoms with Gasteiger partial charge in [0.15, 0.2) is 0 Å². The van der Waals surface area contributed by atoms with Gasteiger partial charge in [0.05, 0.1) is 23.2 Å². The van der Waals surface area contributed by atoms with Gasteiger partial charge in [0.25, 0.3) is 5.69 Å². The molecule has 0 heterocycles. The van der Waals surface area contributed by atoms with Crippen LogP contribution in [0.15, 0.2) is 24.3 Å². The van der Waals surface area contributed by atoms with Gasteiger partial charge in [-0.1, -0.05) is 0 Å². The van der Waals surface area contributed by atoms with Gasteiger partial charge in [0, 0.05) is 6.08 Å². The standard InChI is InChI=1S/C11H11NO5/c1-2-17-11(14)6-4-8-3-5-9(13)7-10(8)12(15)16/h3-7,13H,2H2,1H3/b6-4+. The molecule has 0 unspecified atom stereocenters. The molecule has 1 aromatic carbocycles. The Kier molecular flexibility index (Phi) is 4.21. The number of phenolic OH excluding ortho intramolecular Hbond substituents is 1. The number of benzene rings is 1. The Labute approximate surface area is 97.3 Å². The largest absolute Gasteiger partial charge is 0.508 e. The lowest BCUT2D eigenvalue weighted by atomic mass is 10.1. The molecular formula is C11H11NO5. The zero-order valence-electron chi connectivity index (χ0n) is 9.12. The number of esters is 1. The summed E-state index contributed by atoms with van der Waals surface area (Å²) in [5.74, 6) is -0.778. The molecule has 0 aliphatic heterocycles. The number of hydrogen-bond acceptors (Lipinski definition) is 5. The average molecular weight is 237 g/mol. The second-order valence-corrected chi connectivity index (χ2v) is 3.09. The molecule has 0 bridgehead atoms. The molecule has 0 saturated carbocycles. The van der Waals surface area contributed by atoms with Crippen LogP contribution in [0.25, 0.3) is 6.08 Å². The number of rotatable bonds is 4. The highest BCUT2D eigenvalue weighted by molar-refractivity contribution is 5.88. The predicted octanol–water partition coefficient (Wildman–Crippen LogP) is 1.88. The molecule has 90 valence electrons. The molecule has 1 N–H and O–H groups in total. The van der Waals surface area contributed by atoms with E-state index in [1.54, 1.807) is 6.92 Å². The summed E-state index contributed by atoms with van der Waals surface area (Å²) in [4.78, 5) is 21.1. The number of nitrogens with zero attached hydrogens (tertiary/aromatic N) is 1. The molecule has 0 saturated heterocycles. The molecule has 6 heteroatoms. The van der Waals surface area contributed by atoms with E-state index in [0.29, 0.717) is 0 Å². The van der Waals surface area contributed by atoms with Gasteiger partial charge in [0.2, 0.25) is 0 Å². The van der Waals surface area contributed by atoms with Crippen LogP contribution in [-0.4, -0.2) is 22.6 Å². The van der Waals surface area contributed by atoms with Crippen molar-refractivity contribution in [3.63, 3.8) is 0 Å². The van der Waals surface area contributed by atoms with Crippen molar-refractivity contribution in [2.45, 2.75) is 6.92 Å². The van der Waals surface area contributed by atoms with E-state index in [1.165, 1.54) is 18.2 Å². The van der Waals surface area contributed by atoms with Crippen LogP contribution in [0.1, 0.15) is 12.5 Å². The zero-order chi connectivity index (χ0) is 12.8. The fourth-order valence-corrected chi connectivity index (χ4v) is 1.18. The van der Waals surface area contributed by atoms with Crippen LogP contribution in [-0.2, 0) is 9.53 Å². The smallest absolute Gasteiger partial charge is 0.330 e. The monoisotopic (exact) mass is 237 g/mol. The highest BCUT2D eigenvalue weighted by atomic mass is 16.6. The van der Waals surface area contributed by atoms with Crippen molar-refractivity contribution in [3.05, 3.63) is 40.0 Å². The van der Waals surface area contributed by atoms with E-state index in [9.17, 15) is 14.9 Å². The van der Waals surface area contributed by atoms with Gasteiger partial charge >= 0.3 is 5.97 Å². The lowest BCUT2D eigenvalue weighted by Gasteiger charge is -1.98. The Morgan fingerprint density at radius 1 is 1.59 bits per heavy atom. The minimum Gasteiger partial charge on any atom is -0.508 e. The third kappa shape index (κ3) is 3.60. The molecule has 0 radical (unpaired) electrons. The van der Waals surface area contributed by atoms with Gasteiger partial charge in [-0.15, -0.1) is 0 Å². The molecule has 1 aromatic rings. The number of phenols is 1. The fourth-order valence-electron chi connectivity index (χ4n) is 1.18. The van der Waals surface area contributed by atoms with E-state index in [-0.39, 0.29) is 23.6 Å². The fraction of sp³-hybridized carbons (Fsp3) is 0.182. The number of carbonyl (C=O) groups excluding carboxylic acids is 1. The van der Waals surface area contributed by atoms with Crippen molar-refractivity contribution in [2.24, 2.45) is 0 Å². The lowest BCUT2D eigenvalue weighted by Crippen LogP contribution is -1.99. The summed E-state index contributed by atoms with van der Waals surface area (Å²) < 4.78 is 4.64. The third-order valence-corrected chi connectivity index (χ3v) is 1.90. The first-order valence-electron chi connectivity index (χ1n) is 4.87. The number of hydrogen-bond donors (Lipinski definition) is 1. The third-order valence-electron chi connectivity index (χ3n) is 1.90. The van der Waals surface area contributed by atoms with Crippen molar-refractivity contribution in [1.29, 1.82) is 0 Å². The summed E-state index contributed by atoms with van der Waals surface area (Å²) in [6, 6.07) is 3.67. The van der Waals surface area contributed by atoms with Crippen molar-refractivity contribution >= 4 is 17.7 Å². The van der Waals surface area contributed by atoms with Gasteiger partial charge in [-0.2, -0.15) is 0 Å². The van der Waals surface area contributed by atoms with Crippen molar-refractivity contribution in [2.75, 3.05) is 6.61 Å². The van der Waals surface area contributed by atoms with Gasteiger partial charge in [-0.25, -0.2) is 4.79 Å². The molecular weight excluding hydrogens is 226 g/mol. The second kappa shape index (κ2) is 5.64. The summed E-state index contributed by atoms with van der Waals surface area (Å²) in [5, 5.41) is 19.8. The van der Waals surface area contributed by atoms with Gasteiger partial charge in [-0.3, -0.25) is 10.1 Å². The number of nitro benzene ring substituents is 1. The number of ether oxygens (including phenoxy) is 1. The maximum absolute atomic E-state index is 11.0. The van der Waals surface area contributed by atoms with E-state index < -0.39 is 10.9 Å². The number of nitro groups is 1. The average Bonchev–Trinajstić information content (AvgIpc) is 2.27. The Morgan fingerprint density at radius 3 is 2.88 bits per heavy atom. The summed E-state index contributed by atoms with van der Waals surface area (Å²) in [6.07, 6.45) is 2.37. The van der Waals surface area contributed by atoms with Gasteiger partial charge in [0.1, 0.15) is 5.75 Å². The van der Waals surface area contributed by atoms with Crippen molar-refractivity contribution in [1.82, 2.24) is 0 Å². The summed E-state index contributed by atoms with van der Waals surface area (Å²) in [6.45, 7) is 1.90. The minimum absolute atomic E-state index is 0.204. The van der Waals surface area contributed by atoms with E-state index in [4.69, 9.17) is 5.11 Å². The number of carbonyl (C=O) groups is 1. The Hall–Kier alpha value is -2.37. The second-order valence-electron chi connectivity index (χ2n) is 3.09.